The van der Waals surface area contributed by atoms with Gasteiger partial charge in [-0.25, -0.2) is 4.98 Å². The van der Waals surface area contributed by atoms with E-state index in [1.807, 2.05) is 36.4 Å². The predicted octanol–water partition coefficient (Wildman–Crippen LogP) is 2.99. The maximum Gasteiger partial charge on any atom is 0.205 e. The minimum Gasteiger partial charge on any atom is -0.448 e. The fourth-order valence-electron chi connectivity index (χ4n) is 1.43. The first-order valence-corrected chi connectivity index (χ1v) is 4.48. The van der Waals surface area contributed by atoms with Crippen LogP contribution >= 0.6 is 0 Å². The van der Waals surface area contributed by atoms with Crippen LogP contribution in [0, 0.1) is 0 Å². The fraction of sp³-hybridized carbons (Fsp3) is 0.0833. The lowest BCUT2D eigenvalue weighted by molar-refractivity contribution is 0.492. The van der Waals surface area contributed by atoms with Crippen molar-refractivity contribution in [3.63, 3.8) is 0 Å². The van der Waals surface area contributed by atoms with Crippen LogP contribution in [0.15, 0.2) is 59.9 Å². The molecule has 0 fully saturated rings. The molecule has 0 bridgehead atoms. The van der Waals surface area contributed by atoms with Gasteiger partial charge in [-0.2, -0.15) is 0 Å². The van der Waals surface area contributed by atoms with Gasteiger partial charge >= 0.3 is 0 Å². The molecule has 2 rings (SSSR count). The molecule has 2 nitrogen and oxygen atoms in total. The first-order valence-electron chi connectivity index (χ1n) is 4.48. The van der Waals surface area contributed by atoms with Crippen LogP contribution < -0.4 is 0 Å². The van der Waals surface area contributed by atoms with Crippen molar-refractivity contribution < 1.29 is 4.42 Å². The average molecular weight is 185 g/mol. The van der Waals surface area contributed by atoms with Gasteiger partial charge < -0.3 is 4.42 Å². The van der Waals surface area contributed by atoms with Crippen molar-refractivity contribution in [1.29, 1.82) is 0 Å². The van der Waals surface area contributed by atoms with Gasteiger partial charge in [0.15, 0.2) is 0 Å². The summed E-state index contributed by atoms with van der Waals surface area (Å²) < 4.78 is 5.26. The van der Waals surface area contributed by atoms with E-state index in [1.165, 1.54) is 0 Å². The lowest BCUT2D eigenvalue weighted by atomic mass is 9.99. The van der Waals surface area contributed by atoms with Crippen molar-refractivity contribution >= 4 is 0 Å². The summed E-state index contributed by atoms with van der Waals surface area (Å²) in [5.74, 6) is 0.734. The molecule has 1 aromatic heterocycles. The highest BCUT2D eigenvalue weighted by Crippen LogP contribution is 2.23. The summed E-state index contributed by atoms with van der Waals surface area (Å²) in [5, 5.41) is 0. The van der Waals surface area contributed by atoms with E-state index >= 15 is 0 Å². The molecule has 0 aliphatic heterocycles. The fourth-order valence-corrected chi connectivity index (χ4v) is 1.43. The third kappa shape index (κ3) is 1.59. The van der Waals surface area contributed by atoms with Gasteiger partial charge in [0.1, 0.15) is 6.26 Å². The van der Waals surface area contributed by atoms with Crippen molar-refractivity contribution in [2.45, 2.75) is 5.92 Å². The number of hydrogen-bond acceptors (Lipinski definition) is 2. The van der Waals surface area contributed by atoms with Crippen molar-refractivity contribution in [2.24, 2.45) is 0 Å². The number of aromatic nitrogens is 1. The Bertz CT molecular complexity index is 392. The van der Waals surface area contributed by atoms with E-state index in [2.05, 4.69) is 11.6 Å². The van der Waals surface area contributed by atoms with Crippen LogP contribution in [0.4, 0.5) is 0 Å². The van der Waals surface area contributed by atoms with E-state index in [0.717, 1.165) is 5.56 Å². The Kier molecular flexibility index (Phi) is 2.45. The number of rotatable bonds is 3. The number of benzene rings is 1. The molecule has 0 saturated carbocycles. The summed E-state index contributed by atoms with van der Waals surface area (Å²) in [6, 6.07) is 10.1. The zero-order valence-electron chi connectivity index (χ0n) is 7.76. The Morgan fingerprint density at radius 2 is 2.07 bits per heavy atom. The molecule has 0 spiro atoms. The van der Waals surface area contributed by atoms with Crippen molar-refractivity contribution in [3.8, 4) is 0 Å². The summed E-state index contributed by atoms with van der Waals surface area (Å²) >= 11 is 0. The number of hydrogen-bond donors (Lipinski definition) is 0. The molecule has 14 heavy (non-hydrogen) atoms. The van der Waals surface area contributed by atoms with Crippen LogP contribution in [0.25, 0.3) is 0 Å². The SMILES string of the molecule is C=CC(c1ccccc1)c1ncco1. The second kappa shape index (κ2) is 3.92. The lowest BCUT2D eigenvalue weighted by Crippen LogP contribution is -1.96. The third-order valence-electron chi connectivity index (χ3n) is 2.11. The van der Waals surface area contributed by atoms with Crippen LogP contribution in [-0.4, -0.2) is 4.98 Å². The van der Waals surface area contributed by atoms with E-state index in [9.17, 15) is 0 Å². The van der Waals surface area contributed by atoms with Gasteiger partial charge in [-0.05, 0) is 5.56 Å². The highest BCUT2D eigenvalue weighted by Gasteiger charge is 2.13. The zero-order chi connectivity index (χ0) is 9.80. The van der Waals surface area contributed by atoms with E-state index in [4.69, 9.17) is 4.42 Å². The topological polar surface area (TPSA) is 26.0 Å². The molecule has 1 atom stereocenters. The van der Waals surface area contributed by atoms with Gasteiger partial charge in [-0.15, -0.1) is 6.58 Å². The monoisotopic (exact) mass is 185 g/mol. The maximum atomic E-state index is 5.26. The van der Waals surface area contributed by atoms with Gasteiger partial charge in [-0.1, -0.05) is 36.4 Å². The molecule has 0 radical (unpaired) electrons. The summed E-state index contributed by atoms with van der Waals surface area (Å²) in [5.41, 5.74) is 1.14. The second-order valence-electron chi connectivity index (χ2n) is 2.99. The highest BCUT2D eigenvalue weighted by molar-refractivity contribution is 5.28. The second-order valence-corrected chi connectivity index (χ2v) is 2.99. The Labute approximate surface area is 82.9 Å². The molecule has 2 heteroatoms. The molecular formula is C12H11NO. The van der Waals surface area contributed by atoms with Gasteiger partial charge in [0.2, 0.25) is 5.89 Å². The van der Waals surface area contributed by atoms with E-state index in [-0.39, 0.29) is 5.92 Å². The minimum absolute atomic E-state index is 0.0474. The van der Waals surface area contributed by atoms with E-state index in [1.54, 1.807) is 12.5 Å². The van der Waals surface area contributed by atoms with Crippen LogP contribution in [-0.2, 0) is 0 Å². The van der Waals surface area contributed by atoms with Gasteiger partial charge in [-0.3, -0.25) is 0 Å². The first kappa shape index (κ1) is 8.75. The highest BCUT2D eigenvalue weighted by atomic mass is 16.3. The molecule has 0 aliphatic rings. The Hall–Kier alpha value is -1.83. The molecule has 2 aromatic rings. The quantitative estimate of drug-likeness (QED) is 0.687. The van der Waals surface area contributed by atoms with E-state index < -0.39 is 0 Å². The number of oxazole rings is 1. The molecule has 1 unspecified atom stereocenters. The van der Waals surface area contributed by atoms with Crippen LogP contribution in [0.5, 0.6) is 0 Å². The minimum atomic E-state index is 0.0474. The average Bonchev–Trinajstić information content (AvgIpc) is 2.74. The largest absolute Gasteiger partial charge is 0.448 e. The third-order valence-corrected chi connectivity index (χ3v) is 2.11. The Morgan fingerprint density at radius 1 is 1.29 bits per heavy atom. The maximum absolute atomic E-state index is 5.26. The molecule has 70 valence electrons. The van der Waals surface area contributed by atoms with Gasteiger partial charge in [0, 0.05) is 0 Å². The number of nitrogens with zero attached hydrogens (tertiary/aromatic N) is 1. The van der Waals surface area contributed by atoms with Crippen molar-refractivity contribution in [3.05, 3.63) is 66.9 Å². The van der Waals surface area contributed by atoms with Crippen molar-refractivity contribution in [2.75, 3.05) is 0 Å². The summed E-state index contributed by atoms with van der Waals surface area (Å²) in [6.45, 7) is 3.79. The summed E-state index contributed by atoms with van der Waals surface area (Å²) in [6.07, 6.45) is 5.06. The standard InChI is InChI=1S/C12H11NO/c1-2-11(12-13-8-9-14-12)10-6-4-3-5-7-10/h2-9,11H,1H2. The van der Waals surface area contributed by atoms with Gasteiger partial charge in [0.05, 0.1) is 12.1 Å². The first-order chi connectivity index (χ1) is 6.92. The molecule has 0 aliphatic carbocycles. The van der Waals surface area contributed by atoms with Crippen LogP contribution in [0.3, 0.4) is 0 Å². The van der Waals surface area contributed by atoms with Gasteiger partial charge in [0.25, 0.3) is 0 Å². The molecule has 1 aromatic carbocycles. The molecule has 0 N–H and O–H groups in total. The lowest BCUT2D eigenvalue weighted by Gasteiger charge is -2.07. The predicted molar refractivity (Wildman–Crippen MR) is 55.0 cm³/mol. The molecule has 1 heterocycles. The molecule has 0 saturated heterocycles. The smallest absolute Gasteiger partial charge is 0.205 e. The Morgan fingerprint density at radius 3 is 2.64 bits per heavy atom. The normalized spacial score (nSPS) is 12.3. The van der Waals surface area contributed by atoms with Crippen molar-refractivity contribution in [1.82, 2.24) is 4.98 Å². The zero-order valence-corrected chi connectivity index (χ0v) is 7.76. The molecular weight excluding hydrogens is 174 g/mol. The van der Waals surface area contributed by atoms with Crippen LogP contribution in [0.2, 0.25) is 0 Å². The summed E-state index contributed by atoms with van der Waals surface area (Å²) in [4.78, 5) is 4.13. The number of allylic oxidation sites excluding steroid dienone is 1. The summed E-state index contributed by atoms with van der Waals surface area (Å²) in [7, 11) is 0. The van der Waals surface area contributed by atoms with Crippen LogP contribution in [0.1, 0.15) is 17.4 Å². The molecule has 0 amide bonds. The Balaban J connectivity index is 2.36. The van der Waals surface area contributed by atoms with E-state index in [0.29, 0.717) is 5.89 Å².